The van der Waals surface area contributed by atoms with Crippen molar-refractivity contribution in [2.45, 2.75) is 50.8 Å². The molecule has 2 aliphatic rings. The lowest BCUT2D eigenvalue weighted by atomic mass is 10.1. The van der Waals surface area contributed by atoms with Crippen LogP contribution in [0.1, 0.15) is 27.2 Å². The van der Waals surface area contributed by atoms with Gasteiger partial charge in [0.2, 0.25) is 0 Å². The molecule has 0 unspecified atom stereocenters. The molecule has 1 amide bonds. The maximum atomic E-state index is 13.3. The Labute approximate surface area is 103 Å². The second kappa shape index (κ2) is 3.55. The van der Waals surface area contributed by atoms with Crippen LogP contribution in [-0.4, -0.2) is 45.7 Å². The third-order valence-electron chi connectivity index (χ3n) is 3.16. The molecule has 1 saturated carbocycles. The monoisotopic (exact) mass is 263 g/mol. The fraction of sp³-hybridized carbons (Fsp3) is 0.818. The van der Waals surface area contributed by atoms with E-state index < -0.39 is 41.6 Å². The summed E-state index contributed by atoms with van der Waals surface area (Å²) < 4.78 is 31.5. The second-order valence-electron chi connectivity index (χ2n) is 5.70. The summed E-state index contributed by atoms with van der Waals surface area (Å²) in [5.41, 5.74) is -0.845. The molecule has 2 rings (SSSR count). The number of carbonyl (C=O) groups excluding carboxylic acids is 1. The molecule has 102 valence electrons. The minimum absolute atomic E-state index is 0.216. The average molecular weight is 263 g/mol. The van der Waals surface area contributed by atoms with E-state index in [2.05, 4.69) is 0 Å². The summed E-state index contributed by atoms with van der Waals surface area (Å²) in [6.45, 7) is 4.79. The van der Waals surface area contributed by atoms with Crippen molar-refractivity contribution in [3.63, 3.8) is 0 Å². The number of piperidine rings is 1. The molecule has 0 aromatic carbocycles. The third-order valence-corrected chi connectivity index (χ3v) is 3.16. The first-order valence-corrected chi connectivity index (χ1v) is 5.67. The Morgan fingerprint density at radius 3 is 2.39 bits per heavy atom. The lowest BCUT2D eigenvalue weighted by Crippen LogP contribution is -2.47. The van der Waals surface area contributed by atoms with Crippen molar-refractivity contribution in [2.75, 3.05) is 0 Å². The van der Waals surface area contributed by atoms with Crippen LogP contribution in [-0.2, 0) is 9.53 Å². The summed E-state index contributed by atoms with van der Waals surface area (Å²) in [5, 5.41) is 8.95. The smallest absolute Gasteiger partial charge is 0.411 e. The van der Waals surface area contributed by atoms with E-state index in [1.54, 1.807) is 20.8 Å². The van der Waals surface area contributed by atoms with Gasteiger partial charge in [0.05, 0.1) is 5.92 Å². The molecule has 0 aromatic heterocycles. The largest absolute Gasteiger partial charge is 0.480 e. The van der Waals surface area contributed by atoms with Gasteiger partial charge in [0.1, 0.15) is 17.7 Å². The number of hydrogen-bond donors (Lipinski definition) is 1. The van der Waals surface area contributed by atoms with Crippen LogP contribution in [0, 0.1) is 5.92 Å². The molecule has 1 saturated heterocycles. The van der Waals surface area contributed by atoms with Crippen LogP contribution in [0.15, 0.2) is 0 Å². The zero-order valence-corrected chi connectivity index (χ0v) is 10.3. The summed E-state index contributed by atoms with van der Waals surface area (Å²) in [6.07, 6.45) is -1.20. The van der Waals surface area contributed by atoms with E-state index in [0.29, 0.717) is 4.90 Å². The van der Waals surface area contributed by atoms with Crippen molar-refractivity contribution < 1.29 is 28.2 Å². The number of ether oxygens (including phenoxy) is 1. The molecule has 0 spiro atoms. The zero-order valence-electron chi connectivity index (χ0n) is 10.3. The first kappa shape index (κ1) is 13.0. The van der Waals surface area contributed by atoms with Gasteiger partial charge in [-0.05, 0) is 27.2 Å². The Morgan fingerprint density at radius 1 is 1.39 bits per heavy atom. The predicted molar refractivity (Wildman–Crippen MR) is 56.3 cm³/mol. The molecule has 1 aliphatic carbocycles. The molecule has 18 heavy (non-hydrogen) atoms. The molecule has 7 heteroatoms. The summed E-state index contributed by atoms with van der Waals surface area (Å²) in [6, 6.07) is -2.54. The van der Waals surface area contributed by atoms with Crippen molar-refractivity contribution >= 4 is 12.1 Å². The molecule has 1 aliphatic heterocycles. The van der Waals surface area contributed by atoms with Crippen molar-refractivity contribution in [1.82, 2.24) is 4.90 Å². The predicted octanol–water partition coefficient (Wildman–Crippen LogP) is 1.71. The number of rotatable bonds is 1. The highest BCUT2D eigenvalue weighted by molar-refractivity contribution is 5.82. The van der Waals surface area contributed by atoms with Crippen molar-refractivity contribution in [3.05, 3.63) is 0 Å². The quantitative estimate of drug-likeness (QED) is 0.782. The molecule has 0 radical (unpaired) electrons. The molecule has 1 N–H and O–H groups in total. The minimum Gasteiger partial charge on any atom is -0.480 e. The van der Waals surface area contributed by atoms with Crippen LogP contribution in [0.2, 0.25) is 0 Å². The Bertz CT molecular complexity index is 404. The number of fused-ring (bicyclic) bond motifs is 1. The maximum Gasteiger partial charge on any atom is 0.411 e. The first-order chi connectivity index (χ1) is 8.05. The SMILES string of the molecule is CC(C)(C)OC(=O)N1[C@H](C(=O)O)C[C@H]2[C@@H]1C2(F)F. The van der Waals surface area contributed by atoms with Crippen LogP contribution in [0.25, 0.3) is 0 Å². The topological polar surface area (TPSA) is 66.8 Å². The van der Waals surface area contributed by atoms with Crippen LogP contribution in [0.4, 0.5) is 13.6 Å². The Kier molecular flexibility index (Phi) is 2.57. The van der Waals surface area contributed by atoms with Crippen LogP contribution >= 0.6 is 0 Å². The Hall–Kier alpha value is -1.40. The highest BCUT2D eigenvalue weighted by atomic mass is 19.3. The molecule has 1 heterocycles. The third kappa shape index (κ3) is 1.91. The number of likely N-dealkylation sites (tertiary alicyclic amines) is 1. The highest BCUT2D eigenvalue weighted by Crippen LogP contribution is 2.60. The molecule has 5 nitrogen and oxygen atoms in total. The van der Waals surface area contributed by atoms with Crippen molar-refractivity contribution in [1.29, 1.82) is 0 Å². The van der Waals surface area contributed by atoms with Crippen LogP contribution in [0.5, 0.6) is 0 Å². The van der Waals surface area contributed by atoms with Gasteiger partial charge in [-0.1, -0.05) is 0 Å². The van der Waals surface area contributed by atoms with E-state index in [1.165, 1.54) is 0 Å². The van der Waals surface area contributed by atoms with Gasteiger partial charge in [-0.3, -0.25) is 4.90 Å². The number of aliphatic carboxylic acids is 1. The van der Waals surface area contributed by atoms with Gasteiger partial charge in [0.15, 0.2) is 0 Å². The number of amides is 1. The van der Waals surface area contributed by atoms with Crippen molar-refractivity contribution in [2.24, 2.45) is 5.92 Å². The standard InChI is InChI=1S/C11H15F2NO4/c1-10(2,3)18-9(17)14-6(8(15)16)4-5-7(14)11(5,12)13/h5-7H,4H2,1-3H3,(H,15,16)/t5-,6-,7+/m0/s1. The molecule has 0 aromatic rings. The van der Waals surface area contributed by atoms with Gasteiger partial charge in [-0.25, -0.2) is 18.4 Å². The van der Waals surface area contributed by atoms with Gasteiger partial charge in [0.25, 0.3) is 5.92 Å². The Balaban J connectivity index is 2.17. The average Bonchev–Trinajstić information content (AvgIpc) is 2.59. The first-order valence-electron chi connectivity index (χ1n) is 5.67. The zero-order chi connectivity index (χ0) is 13.9. The fourth-order valence-corrected chi connectivity index (χ4v) is 2.36. The van der Waals surface area contributed by atoms with Gasteiger partial charge < -0.3 is 9.84 Å². The van der Waals surface area contributed by atoms with Gasteiger partial charge in [0, 0.05) is 0 Å². The number of carboxylic acids is 1. The second-order valence-corrected chi connectivity index (χ2v) is 5.70. The number of carbonyl (C=O) groups is 2. The van der Waals surface area contributed by atoms with Crippen LogP contribution < -0.4 is 0 Å². The summed E-state index contributed by atoms with van der Waals surface area (Å²) >= 11 is 0. The van der Waals surface area contributed by atoms with Gasteiger partial charge in [-0.2, -0.15) is 0 Å². The molecule has 0 bridgehead atoms. The van der Waals surface area contributed by atoms with E-state index in [-0.39, 0.29) is 6.42 Å². The van der Waals surface area contributed by atoms with Crippen molar-refractivity contribution in [3.8, 4) is 0 Å². The highest BCUT2D eigenvalue weighted by Gasteiger charge is 2.78. The molecular weight excluding hydrogens is 248 g/mol. The number of carboxylic acid groups (broad SMARTS) is 1. The molecular formula is C11H15F2NO4. The van der Waals surface area contributed by atoms with E-state index >= 15 is 0 Å². The van der Waals surface area contributed by atoms with E-state index in [9.17, 15) is 18.4 Å². The van der Waals surface area contributed by atoms with E-state index in [0.717, 1.165) is 0 Å². The summed E-state index contributed by atoms with van der Waals surface area (Å²) in [7, 11) is 0. The van der Waals surface area contributed by atoms with E-state index in [1.807, 2.05) is 0 Å². The minimum atomic E-state index is -2.98. The van der Waals surface area contributed by atoms with E-state index in [4.69, 9.17) is 9.84 Å². The summed E-state index contributed by atoms with van der Waals surface area (Å²) in [5.74, 6) is -5.31. The number of nitrogens with zero attached hydrogens (tertiary/aromatic N) is 1. The van der Waals surface area contributed by atoms with Crippen LogP contribution in [0.3, 0.4) is 0 Å². The maximum absolute atomic E-state index is 13.3. The normalized spacial score (nSPS) is 32.9. The molecule has 3 atom stereocenters. The number of alkyl halides is 2. The molecule has 2 fully saturated rings. The number of hydrogen-bond acceptors (Lipinski definition) is 3. The lowest BCUT2D eigenvalue weighted by molar-refractivity contribution is -0.143. The van der Waals surface area contributed by atoms with Gasteiger partial charge >= 0.3 is 12.1 Å². The lowest BCUT2D eigenvalue weighted by Gasteiger charge is -2.29. The number of halogens is 2. The fourth-order valence-electron chi connectivity index (χ4n) is 2.36. The summed E-state index contributed by atoms with van der Waals surface area (Å²) in [4.78, 5) is 23.5. The Morgan fingerprint density at radius 2 is 1.94 bits per heavy atom. The van der Waals surface area contributed by atoms with Gasteiger partial charge in [-0.15, -0.1) is 0 Å².